The van der Waals surface area contributed by atoms with Gasteiger partial charge in [0.05, 0.1) is 6.61 Å². The van der Waals surface area contributed by atoms with Gasteiger partial charge in [-0.25, -0.2) is 4.98 Å². The van der Waals surface area contributed by atoms with Crippen molar-refractivity contribution in [2.24, 2.45) is 0 Å². The van der Waals surface area contributed by atoms with Crippen LogP contribution in [-0.4, -0.2) is 28.6 Å². The highest BCUT2D eigenvalue weighted by Gasteiger charge is 2.43. The molecule has 3 N–H and O–H groups in total. The Bertz CT molecular complexity index is 489. The Balaban J connectivity index is 3.18. The topological polar surface area (TPSA) is 103 Å². The van der Waals surface area contributed by atoms with E-state index in [1.165, 1.54) is 11.3 Å². The first-order valence-corrected chi connectivity index (χ1v) is 7.88. The predicted octanol–water partition coefficient (Wildman–Crippen LogP) is 2.58. The predicted molar refractivity (Wildman–Crippen MR) is 81.2 cm³/mol. The summed E-state index contributed by atoms with van der Waals surface area (Å²) in [7, 11) is 0. The Morgan fingerprint density at radius 2 is 2.14 bits per heavy atom. The molecule has 21 heavy (non-hydrogen) atoms. The maximum atomic E-state index is 12.5. The van der Waals surface area contributed by atoms with Gasteiger partial charge in [-0.15, -0.1) is 11.3 Å². The van der Waals surface area contributed by atoms with Crippen molar-refractivity contribution in [1.82, 2.24) is 4.98 Å². The van der Waals surface area contributed by atoms with Crippen LogP contribution in [0.25, 0.3) is 0 Å². The van der Waals surface area contributed by atoms with Gasteiger partial charge >= 0.3 is 11.9 Å². The first-order chi connectivity index (χ1) is 9.96. The third-order valence-corrected chi connectivity index (χ3v) is 4.41. The summed E-state index contributed by atoms with van der Waals surface area (Å²) in [4.78, 5) is 28.2. The summed E-state index contributed by atoms with van der Waals surface area (Å²) in [5.41, 5.74) is 4.71. The minimum absolute atomic E-state index is 0.0969. The van der Waals surface area contributed by atoms with Crippen molar-refractivity contribution in [3.63, 3.8) is 0 Å². The third-order valence-electron chi connectivity index (χ3n) is 3.38. The quantitative estimate of drug-likeness (QED) is 0.679. The van der Waals surface area contributed by atoms with Crippen LogP contribution in [0.5, 0.6) is 0 Å². The van der Waals surface area contributed by atoms with Crippen molar-refractivity contribution in [3.8, 4) is 0 Å². The number of carbonyl (C=O) groups is 2. The van der Waals surface area contributed by atoms with Crippen LogP contribution in [0.15, 0.2) is 6.20 Å². The number of nitrogens with two attached hydrogens (primary N) is 1. The van der Waals surface area contributed by atoms with Gasteiger partial charge < -0.3 is 15.6 Å². The lowest BCUT2D eigenvalue weighted by atomic mass is 9.77. The van der Waals surface area contributed by atoms with Crippen molar-refractivity contribution in [2.75, 3.05) is 12.3 Å². The number of unbranched alkanes of at least 4 members (excludes halogenated alkanes) is 1. The van der Waals surface area contributed by atoms with E-state index in [9.17, 15) is 9.59 Å². The fourth-order valence-electron chi connectivity index (χ4n) is 2.25. The van der Waals surface area contributed by atoms with Gasteiger partial charge in [0.15, 0.2) is 5.13 Å². The van der Waals surface area contributed by atoms with Crippen molar-refractivity contribution in [3.05, 3.63) is 11.1 Å². The van der Waals surface area contributed by atoms with Gasteiger partial charge in [-0.3, -0.25) is 9.59 Å². The van der Waals surface area contributed by atoms with E-state index in [-0.39, 0.29) is 25.4 Å². The van der Waals surface area contributed by atoms with Crippen LogP contribution in [0.2, 0.25) is 0 Å². The summed E-state index contributed by atoms with van der Waals surface area (Å²) in [5.74, 6) is -1.32. The largest absolute Gasteiger partial charge is 0.481 e. The van der Waals surface area contributed by atoms with Crippen molar-refractivity contribution < 1.29 is 19.4 Å². The number of nitrogens with zero attached hydrogens (tertiary/aromatic N) is 1. The molecule has 6 nitrogen and oxygen atoms in total. The van der Waals surface area contributed by atoms with Gasteiger partial charge in [0, 0.05) is 17.5 Å². The Hall–Kier alpha value is -1.63. The molecule has 7 heteroatoms. The average molecular weight is 314 g/mol. The summed E-state index contributed by atoms with van der Waals surface area (Å²) in [6.07, 6.45) is 3.91. The number of ether oxygens (including phenoxy) is 1. The highest BCUT2D eigenvalue weighted by molar-refractivity contribution is 7.15. The summed E-state index contributed by atoms with van der Waals surface area (Å²) < 4.78 is 5.21. The van der Waals surface area contributed by atoms with Crippen molar-refractivity contribution >= 4 is 28.4 Å². The van der Waals surface area contributed by atoms with E-state index in [0.29, 0.717) is 16.4 Å². The first-order valence-electron chi connectivity index (χ1n) is 7.07. The molecule has 1 aromatic rings. The molecular formula is C14H22N2O4S. The SMILES string of the molecule is CCCCC(CCC(=O)O)(C(=O)OCC)c1cnc(N)s1. The van der Waals surface area contributed by atoms with E-state index in [2.05, 4.69) is 4.98 Å². The molecule has 118 valence electrons. The number of aliphatic carboxylic acids is 1. The molecule has 0 aliphatic carbocycles. The molecule has 1 aromatic heterocycles. The summed E-state index contributed by atoms with van der Waals surface area (Å²) in [6, 6.07) is 0. The van der Waals surface area contributed by atoms with Crippen molar-refractivity contribution in [2.45, 2.75) is 51.4 Å². The number of carboxylic acid groups (broad SMARTS) is 1. The fourth-order valence-corrected chi connectivity index (χ4v) is 3.17. The van der Waals surface area contributed by atoms with Gasteiger partial charge in [-0.1, -0.05) is 19.8 Å². The second kappa shape index (κ2) is 7.97. The molecule has 0 radical (unpaired) electrons. The van der Waals surface area contributed by atoms with Gasteiger partial charge in [0.1, 0.15) is 5.41 Å². The van der Waals surface area contributed by atoms with E-state index in [1.54, 1.807) is 13.1 Å². The van der Waals surface area contributed by atoms with Crippen molar-refractivity contribution in [1.29, 1.82) is 0 Å². The van der Waals surface area contributed by atoms with E-state index >= 15 is 0 Å². The maximum absolute atomic E-state index is 12.5. The minimum atomic E-state index is -0.959. The number of aromatic nitrogens is 1. The smallest absolute Gasteiger partial charge is 0.317 e. The normalized spacial score (nSPS) is 13.6. The van der Waals surface area contributed by atoms with Crippen LogP contribution in [0, 0.1) is 0 Å². The van der Waals surface area contributed by atoms with E-state index in [1.807, 2.05) is 6.92 Å². The molecule has 0 saturated carbocycles. The van der Waals surface area contributed by atoms with Crippen LogP contribution in [0.1, 0.15) is 50.8 Å². The van der Waals surface area contributed by atoms with Crippen LogP contribution >= 0.6 is 11.3 Å². The molecule has 0 fully saturated rings. The summed E-state index contributed by atoms with van der Waals surface area (Å²) >= 11 is 1.22. The molecule has 1 heterocycles. The Morgan fingerprint density at radius 3 is 2.62 bits per heavy atom. The van der Waals surface area contributed by atoms with Crippen LogP contribution in [0.4, 0.5) is 5.13 Å². The first kappa shape index (κ1) is 17.4. The van der Waals surface area contributed by atoms with E-state index in [0.717, 1.165) is 12.8 Å². The molecule has 1 atom stereocenters. The summed E-state index contributed by atoms with van der Waals surface area (Å²) in [6.45, 7) is 4.02. The number of nitrogen functional groups attached to an aromatic ring is 1. The molecule has 1 unspecified atom stereocenters. The monoisotopic (exact) mass is 314 g/mol. The number of carbonyl (C=O) groups excluding carboxylic acids is 1. The third kappa shape index (κ3) is 4.42. The van der Waals surface area contributed by atoms with Gasteiger partial charge in [0.25, 0.3) is 0 Å². The van der Waals surface area contributed by atoms with Gasteiger partial charge in [-0.2, -0.15) is 0 Å². The lowest BCUT2D eigenvalue weighted by Gasteiger charge is -2.29. The molecular weight excluding hydrogens is 292 g/mol. The molecule has 0 aromatic carbocycles. The Kier molecular flexibility index (Phi) is 6.61. The molecule has 0 bridgehead atoms. The number of hydrogen-bond acceptors (Lipinski definition) is 6. The van der Waals surface area contributed by atoms with Crippen LogP contribution in [-0.2, 0) is 19.7 Å². The summed E-state index contributed by atoms with van der Waals surface area (Å²) in [5, 5.41) is 9.34. The second-order valence-corrected chi connectivity index (χ2v) is 5.92. The number of hydrogen-bond donors (Lipinski definition) is 2. The van der Waals surface area contributed by atoms with Gasteiger partial charge in [-0.05, 0) is 19.8 Å². The highest BCUT2D eigenvalue weighted by Crippen LogP contribution is 2.40. The molecule has 0 amide bonds. The molecule has 0 saturated heterocycles. The maximum Gasteiger partial charge on any atom is 0.317 e. The zero-order chi connectivity index (χ0) is 15.9. The average Bonchev–Trinajstić information content (AvgIpc) is 2.86. The standard InChI is InChI=1S/C14H22N2O4S/c1-3-5-7-14(8-6-11(17)18,12(19)20-4-2)10-9-16-13(15)21-10/h9H,3-8H2,1-2H3,(H2,15,16)(H,17,18). The number of esters is 1. The lowest BCUT2D eigenvalue weighted by molar-refractivity contribution is -0.151. The Labute approximate surface area is 128 Å². The highest BCUT2D eigenvalue weighted by atomic mass is 32.1. The number of anilines is 1. The molecule has 1 rings (SSSR count). The van der Waals surface area contributed by atoms with E-state index < -0.39 is 11.4 Å². The number of carboxylic acids is 1. The Morgan fingerprint density at radius 1 is 1.43 bits per heavy atom. The zero-order valence-corrected chi connectivity index (χ0v) is 13.2. The second-order valence-electron chi connectivity index (χ2n) is 4.86. The molecule has 0 spiro atoms. The zero-order valence-electron chi connectivity index (χ0n) is 12.4. The van der Waals surface area contributed by atoms with Crippen LogP contribution in [0.3, 0.4) is 0 Å². The molecule has 0 aliphatic rings. The lowest BCUT2D eigenvalue weighted by Crippen LogP contribution is -2.37. The van der Waals surface area contributed by atoms with Crippen LogP contribution < -0.4 is 5.73 Å². The number of rotatable bonds is 9. The van der Waals surface area contributed by atoms with Gasteiger partial charge in [0.2, 0.25) is 0 Å². The van der Waals surface area contributed by atoms with E-state index in [4.69, 9.17) is 15.6 Å². The fraction of sp³-hybridized carbons (Fsp3) is 0.643. The minimum Gasteiger partial charge on any atom is -0.481 e. The molecule has 0 aliphatic heterocycles. The number of thiazole rings is 1.